The van der Waals surface area contributed by atoms with Gasteiger partial charge in [-0.1, -0.05) is 42.5 Å². The molecule has 6 nitrogen and oxygen atoms in total. The predicted octanol–water partition coefficient (Wildman–Crippen LogP) is 3.04. The van der Waals surface area contributed by atoms with E-state index in [1.807, 2.05) is 61.5 Å². The Morgan fingerprint density at radius 3 is 2.46 bits per heavy atom. The van der Waals surface area contributed by atoms with Crippen LogP contribution in [0.15, 0.2) is 64.1 Å². The third-order valence-electron chi connectivity index (χ3n) is 3.89. The van der Waals surface area contributed by atoms with Crippen LogP contribution in [0.2, 0.25) is 0 Å². The van der Waals surface area contributed by atoms with Crippen molar-refractivity contribution in [3.63, 3.8) is 0 Å². The molecule has 0 bridgehead atoms. The maximum Gasteiger partial charge on any atom is 0.241 e. The summed E-state index contributed by atoms with van der Waals surface area (Å²) in [5.74, 6) is 1.34. The number of aliphatic imine (C=N–C) groups is 1. The van der Waals surface area contributed by atoms with Crippen LogP contribution in [-0.4, -0.2) is 50.1 Å². The number of ether oxygens (including phenoxy) is 1. The van der Waals surface area contributed by atoms with Gasteiger partial charge in [-0.2, -0.15) is 0 Å². The molecule has 1 atom stereocenters. The van der Waals surface area contributed by atoms with E-state index in [-0.39, 0.29) is 18.6 Å². The van der Waals surface area contributed by atoms with Gasteiger partial charge in [-0.3, -0.25) is 4.79 Å². The fraction of sp³-hybridized carbons (Fsp3) is 0.333. The van der Waals surface area contributed by atoms with Crippen molar-refractivity contribution in [3.05, 3.63) is 64.6 Å². The molecule has 2 rings (SSSR count). The molecule has 0 fully saturated rings. The molecule has 7 heteroatoms. The number of benzene rings is 2. The molecule has 28 heavy (non-hydrogen) atoms. The standard InChI is InChI=1S/C21H27BrN4O2/c1-16(28-19-12-8-7-11-18(19)22)13-23-21(25-15-20(27)26(2)3)24-14-17-9-5-4-6-10-17/h4-12,16H,13-15H2,1-3H3,(H2,23,24,25). The van der Waals surface area contributed by atoms with Crippen molar-refractivity contribution in [1.29, 1.82) is 0 Å². The monoisotopic (exact) mass is 446 g/mol. The van der Waals surface area contributed by atoms with Crippen molar-refractivity contribution < 1.29 is 9.53 Å². The lowest BCUT2D eigenvalue weighted by molar-refractivity contribution is -0.127. The van der Waals surface area contributed by atoms with E-state index in [2.05, 4.69) is 31.6 Å². The van der Waals surface area contributed by atoms with Gasteiger partial charge in [0.1, 0.15) is 11.9 Å². The Hall–Kier alpha value is -2.54. The summed E-state index contributed by atoms with van der Waals surface area (Å²) in [5.41, 5.74) is 1.10. The zero-order valence-electron chi connectivity index (χ0n) is 16.5. The summed E-state index contributed by atoms with van der Waals surface area (Å²) in [6.07, 6.45) is -0.0908. The lowest BCUT2D eigenvalue weighted by Gasteiger charge is -2.19. The molecular weight excluding hydrogens is 420 g/mol. The van der Waals surface area contributed by atoms with Crippen LogP contribution in [0.25, 0.3) is 0 Å². The Bertz CT molecular complexity index is 781. The summed E-state index contributed by atoms with van der Waals surface area (Å²) >= 11 is 3.49. The maximum absolute atomic E-state index is 11.9. The highest BCUT2D eigenvalue weighted by atomic mass is 79.9. The van der Waals surface area contributed by atoms with Gasteiger partial charge in [0.2, 0.25) is 5.91 Å². The molecule has 0 spiro atoms. The van der Waals surface area contributed by atoms with Crippen molar-refractivity contribution in [2.45, 2.75) is 19.6 Å². The highest BCUT2D eigenvalue weighted by molar-refractivity contribution is 9.10. The molecule has 0 saturated heterocycles. The zero-order chi connectivity index (χ0) is 20.4. The number of carbonyl (C=O) groups is 1. The van der Waals surface area contributed by atoms with E-state index >= 15 is 0 Å². The second-order valence-electron chi connectivity index (χ2n) is 6.53. The molecule has 150 valence electrons. The Morgan fingerprint density at radius 1 is 1.11 bits per heavy atom. The first-order chi connectivity index (χ1) is 13.5. The Morgan fingerprint density at radius 2 is 1.79 bits per heavy atom. The molecule has 2 aromatic rings. The summed E-state index contributed by atoms with van der Waals surface area (Å²) in [6.45, 7) is 3.21. The number of amides is 1. The minimum atomic E-state index is -0.0908. The first-order valence-electron chi connectivity index (χ1n) is 9.13. The first-order valence-corrected chi connectivity index (χ1v) is 9.92. The molecule has 0 aliphatic heterocycles. The highest BCUT2D eigenvalue weighted by Gasteiger charge is 2.10. The number of guanidine groups is 1. The molecule has 2 N–H and O–H groups in total. The van der Waals surface area contributed by atoms with E-state index < -0.39 is 0 Å². The summed E-state index contributed by atoms with van der Waals surface area (Å²) < 4.78 is 6.87. The smallest absolute Gasteiger partial charge is 0.241 e. The Balaban J connectivity index is 1.95. The molecule has 0 aliphatic carbocycles. The molecule has 0 radical (unpaired) electrons. The van der Waals surface area contributed by atoms with Gasteiger partial charge in [-0.05, 0) is 40.5 Å². The maximum atomic E-state index is 11.9. The predicted molar refractivity (Wildman–Crippen MR) is 117 cm³/mol. The molecule has 0 aromatic heterocycles. The van der Waals surface area contributed by atoms with Crippen molar-refractivity contribution in [3.8, 4) is 5.75 Å². The average Bonchev–Trinajstić information content (AvgIpc) is 2.69. The fourth-order valence-corrected chi connectivity index (χ4v) is 2.66. The normalized spacial score (nSPS) is 12.2. The number of hydrogen-bond acceptors (Lipinski definition) is 3. The third kappa shape index (κ3) is 7.60. The lowest BCUT2D eigenvalue weighted by Crippen LogP contribution is -2.45. The SMILES string of the molecule is CC(CNC(=NCc1ccccc1)NCC(=O)N(C)C)Oc1ccccc1Br. The number of nitrogens with one attached hydrogen (secondary N) is 2. The largest absolute Gasteiger partial charge is 0.488 e. The minimum absolute atomic E-state index is 0.0216. The number of nitrogens with zero attached hydrogens (tertiary/aromatic N) is 2. The van der Waals surface area contributed by atoms with Gasteiger partial charge in [-0.15, -0.1) is 0 Å². The molecule has 1 unspecified atom stereocenters. The Labute approximate surface area is 175 Å². The number of rotatable bonds is 8. The summed E-state index contributed by atoms with van der Waals surface area (Å²) in [7, 11) is 3.46. The number of halogens is 1. The fourth-order valence-electron chi connectivity index (χ4n) is 2.28. The van der Waals surface area contributed by atoms with Crippen LogP contribution in [0.3, 0.4) is 0 Å². The topological polar surface area (TPSA) is 66.0 Å². The van der Waals surface area contributed by atoms with E-state index in [1.165, 1.54) is 0 Å². The average molecular weight is 447 g/mol. The van der Waals surface area contributed by atoms with E-state index in [1.54, 1.807) is 19.0 Å². The van der Waals surface area contributed by atoms with E-state index in [0.717, 1.165) is 15.8 Å². The van der Waals surface area contributed by atoms with E-state index in [9.17, 15) is 4.79 Å². The van der Waals surface area contributed by atoms with Gasteiger partial charge in [-0.25, -0.2) is 4.99 Å². The number of carbonyl (C=O) groups excluding carboxylic acids is 1. The Kier molecular flexibility index (Phi) is 8.81. The van der Waals surface area contributed by atoms with Gasteiger partial charge in [0, 0.05) is 14.1 Å². The van der Waals surface area contributed by atoms with Gasteiger partial charge < -0.3 is 20.3 Å². The lowest BCUT2D eigenvalue weighted by atomic mass is 10.2. The summed E-state index contributed by atoms with van der Waals surface area (Å²) in [5, 5.41) is 6.34. The third-order valence-corrected chi connectivity index (χ3v) is 4.55. The number of likely N-dealkylation sites (N-methyl/N-ethyl adjacent to an activating group) is 1. The van der Waals surface area contributed by atoms with Crippen LogP contribution in [0.1, 0.15) is 12.5 Å². The zero-order valence-corrected chi connectivity index (χ0v) is 18.1. The minimum Gasteiger partial charge on any atom is -0.488 e. The molecule has 0 heterocycles. The van der Waals surface area contributed by atoms with Gasteiger partial charge in [0.05, 0.1) is 24.1 Å². The van der Waals surface area contributed by atoms with Crippen molar-refractivity contribution in [1.82, 2.24) is 15.5 Å². The van der Waals surface area contributed by atoms with Crippen LogP contribution in [-0.2, 0) is 11.3 Å². The molecule has 0 saturated carbocycles. The second kappa shape index (κ2) is 11.3. The van der Waals surface area contributed by atoms with Crippen molar-refractivity contribution in [2.75, 3.05) is 27.2 Å². The van der Waals surface area contributed by atoms with E-state index in [4.69, 9.17) is 4.74 Å². The summed E-state index contributed by atoms with van der Waals surface area (Å²) in [6, 6.07) is 17.7. The highest BCUT2D eigenvalue weighted by Crippen LogP contribution is 2.24. The molecule has 2 aromatic carbocycles. The van der Waals surface area contributed by atoms with Crippen molar-refractivity contribution >= 4 is 27.8 Å². The molecule has 1 amide bonds. The van der Waals surface area contributed by atoms with Crippen LogP contribution < -0.4 is 15.4 Å². The van der Waals surface area contributed by atoms with Crippen LogP contribution >= 0.6 is 15.9 Å². The number of hydrogen-bond donors (Lipinski definition) is 2. The van der Waals surface area contributed by atoms with Crippen LogP contribution in [0, 0.1) is 0 Å². The molecular formula is C21H27BrN4O2. The first kappa shape index (κ1) is 21.8. The summed E-state index contributed by atoms with van der Waals surface area (Å²) in [4.78, 5) is 18.0. The van der Waals surface area contributed by atoms with Crippen LogP contribution in [0.4, 0.5) is 0 Å². The van der Waals surface area contributed by atoms with Gasteiger partial charge in [0.25, 0.3) is 0 Å². The van der Waals surface area contributed by atoms with Gasteiger partial charge in [0.15, 0.2) is 5.96 Å². The van der Waals surface area contributed by atoms with Crippen LogP contribution in [0.5, 0.6) is 5.75 Å². The quantitative estimate of drug-likeness (QED) is 0.483. The molecule has 0 aliphatic rings. The second-order valence-corrected chi connectivity index (χ2v) is 7.39. The van der Waals surface area contributed by atoms with Crippen molar-refractivity contribution in [2.24, 2.45) is 4.99 Å². The number of para-hydroxylation sites is 1. The van der Waals surface area contributed by atoms with Gasteiger partial charge >= 0.3 is 0 Å². The van der Waals surface area contributed by atoms with E-state index in [0.29, 0.717) is 19.0 Å².